The number of rotatable bonds is 1. The molecule has 1 atom stereocenters. The summed E-state index contributed by atoms with van der Waals surface area (Å²) in [6, 6.07) is 2.09. The Morgan fingerprint density at radius 2 is 2.55 bits per heavy atom. The zero-order chi connectivity index (χ0) is 7.68. The Morgan fingerprint density at radius 3 is 3.36 bits per heavy atom. The first-order chi connectivity index (χ1) is 5.40. The quantitative estimate of drug-likeness (QED) is 0.466. The van der Waals surface area contributed by atoms with Crippen LogP contribution in [0.1, 0.15) is 0 Å². The van der Waals surface area contributed by atoms with Crippen LogP contribution >= 0.6 is 0 Å². The molecule has 0 aliphatic carbocycles. The minimum atomic E-state index is 0.126. The van der Waals surface area contributed by atoms with E-state index >= 15 is 0 Å². The van der Waals surface area contributed by atoms with Crippen LogP contribution in [0.3, 0.4) is 0 Å². The van der Waals surface area contributed by atoms with Gasteiger partial charge < -0.3 is 20.7 Å². The number of hydrogen-bond donors (Lipinski definition) is 4. The highest BCUT2D eigenvalue weighted by Gasteiger charge is 2.15. The number of aliphatic hydroxyl groups excluding tert-OH is 1. The molecule has 2 rings (SSSR count). The standard InChI is InChI=1S/C7H11N3O/c11-4-5-3-9-6-1-2-8-7(6)10-5/h1-2,5,8-11H,3-4H2. The van der Waals surface area contributed by atoms with Gasteiger partial charge in [-0.25, -0.2) is 0 Å². The van der Waals surface area contributed by atoms with Crippen LogP contribution in [0, 0.1) is 0 Å². The molecule has 2 heterocycles. The van der Waals surface area contributed by atoms with Gasteiger partial charge in [0.05, 0.1) is 18.3 Å². The number of H-pyrrole nitrogens is 1. The Balaban J connectivity index is 2.18. The fourth-order valence-corrected chi connectivity index (χ4v) is 1.23. The van der Waals surface area contributed by atoms with Crippen molar-refractivity contribution in [3.05, 3.63) is 12.3 Å². The van der Waals surface area contributed by atoms with Crippen LogP contribution in [0.5, 0.6) is 0 Å². The molecule has 1 aliphatic rings. The Bertz CT molecular complexity index is 246. The second-order valence-electron chi connectivity index (χ2n) is 2.67. The molecule has 0 amide bonds. The third-order valence-corrected chi connectivity index (χ3v) is 1.85. The summed E-state index contributed by atoms with van der Waals surface area (Å²) in [5.41, 5.74) is 1.08. The van der Waals surface area contributed by atoms with Crippen LogP contribution < -0.4 is 10.6 Å². The molecule has 0 bridgehead atoms. The van der Waals surface area contributed by atoms with E-state index in [4.69, 9.17) is 5.11 Å². The van der Waals surface area contributed by atoms with Crippen molar-refractivity contribution in [3.63, 3.8) is 0 Å². The zero-order valence-electron chi connectivity index (χ0n) is 6.09. The number of hydrogen-bond acceptors (Lipinski definition) is 3. The Kier molecular flexibility index (Phi) is 1.47. The molecule has 1 aromatic rings. The second kappa shape index (κ2) is 2.47. The lowest BCUT2D eigenvalue weighted by molar-refractivity contribution is 0.277. The molecule has 1 unspecified atom stereocenters. The summed E-state index contributed by atoms with van der Waals surface area (Å²) in [7, 11) is 0. The summed E-state index contributed by atoms with van der Waals surface area (Å²) in [6.07, 6.45) is 1.87. The van der Waals surface area contributed by atoms with Gasteiger partial charge in [-0.15, -0.1) is 0 Å². The number of aliphatic hydroxyl groups is 1. The summed E-state index contributed by atoms with van der Waals surface area (Å²) < 4.78 is 0. The lowest BCUT2D eigenvalue weighted by atomic mass is 10.2. The molecule has 0 fully saturated rings. The smallest absolute Gasteiger partial charge is 0.127 e. The van der Waals surface area contributed by atoms with Crippen molar-refractivity contribution in [2.75, 3.05) is 23.8 Å². The number of fused-ring (bicyclic) bond motifs is 1. The van der Waals surface area contributed by atoms with Gasteiger partial charge in [0.2, 0.25) is 0 Å². The van der Waals surface area contributed by atoms with Crippen molar-refractivity contribution >= 4 is 11.5 Å². The summed E-state index contributed by atoms with van der Waals surface area (Å²) in [5.74, 6) is 0.968. The molecule has 1 aromatic heterocycles. The SMILES string of the molecule is OCC1CNc2cc[nH]c2N1. The van der Waals surface area contributed by atoms with Crippen LogP contribution in [-0.4, -0.2) is 29.3 Å². The first kappa shape index (κ1) is 6.54. The van der Waals surface area contributed by atoms with Crippen molar-refractivity contribution in [3.8, 4) is 0 Å². The van der Waals surface area contributed by atoms with Gasteiger partial charge in [0.25, 0.3) is 0 Å². The lowest BCUT2D eigenvalue weighted by Gasteiger charge is -2.23. The van der Waals surface area contributed by atoms with Gasteiger partial charge in [-0.05, 0) is 6.07 Å². The number of aromatic nitrogens is 1. The average molecular weight is 153 g/mol. The molecular formula is C7H11N3O. The summed E-state index contributed by atoms with van der Waals surface area (Å²) in [6.45, 7) is 0.937. The van der Waals surface area contributed by atoms with E-state index in [9.17, 15) is 0 Å². The maximum Gasteiger partial charge on any atom is 0.127 e. The molecule has 60 valence electrons. The van der Waals surface area contributed by atoms with Gasteiger partial charge >= 0.3 is 0 Å². The average Bonchev–Trinajstić information content (AvgIpc) is 2.50. The monoisotopic (exact) mass is 153 g/mol. The molecule has 0 aromatic carbocycles. The predicted molar refractivity (Wildman–Crippen MR) is 43.8 cm³/mol. The Labute approximate surface area is 64.6 Å². The van der Waals surface area contributed by atoms with Gasteiger partial charge in [-0.1, -0.05) is 0 Å². The van der Waals surface area contributed by atoms with E-state index in [0.29, 0.717) is 0 Å². The molecule has 0 saturated heterocycles. The molecule has 0 saturated carbocycles. The largest absolute Gasteiger partial charge is 0.394 e. The van der Waals surface area contributed by atoms with Crippen molar-refractivity contribution in [1.82, 2.24) is 4.98 Å². The highest BCUT2D eigenvalue weighted by molar-refractivity contribution is 5.67. The van der Waals surface area contributed by atoms with Crippen LogP contribution in [0.2, 0.25) is 0 Å². The van der Waals surface area contributed by atoms with Crippen molar-refractivity contribution in [2.45, 2.75) is 6.04 Å². The van der Waals surface area contributed by atoms with Crippen LogP contribution in [0.4, 0.5) is 11.5 Å². The van der Waals surface area contributed by atoms with Crippen molar-refractivity contribution in [2.24, 2.45) is 0 Å². The van der Waals surface area contributed by atoms with Crippen molar-refractivity contribution < 1.29 is 5.11 Å². The van der Waals surface area contributed by atoms with Gasteiger partial charge in [-0.3, -0.25) is 0 Å². The zero-order valence-corrected chi connectivity index (χ0v) is 6.09. The minimum Gasteiger partial charge on any atom is -0.394 e. The Morgan fingerprint density at radius 1 is 1.64 bits per heavy atom. The number of nitrogens with one attached hydrogen (secondary N) is 3. The summed E-state index contributed by atoms with van der Waals surface area (Å²) in [5, 5.41) is 15.2. The van der Waals surface area contributed by atoms with Gasteiger partial charge in [0.15, 0.2) is 0 Å². The summed E-state index contributed by atoms with van der Waals surface area (Å²) in [4.78, 5) is 3.04. The van der Waals surface area contributed by atoms with Gasteiger partial charge in [0.1, 0.15) is 5.82 Å². The maximum atomic E-state index is 8.84. The second-order valence-corrected chi connectivity index (χ2v) is 2.67. The van der Waals surface area contributed by atoms with Crippen molar-refractivity contribution in [1.29, 1.82) is 0 Å². The van der Waals surface area contributed by atoms with E-state index in [0.717, 1.165) is 18.1 Å². The normalized spacial score (nSPS) is 21.7. The third-order valence-electron chi connectivity index (χ3n) is 1.85. The number of aromatic amines is 1. The topological polar surface area (TPSA) is 60.1 Å². The van der Waals surface area contributed by atoms with E-state index in [2.05, 4.69) is 15.6 Å². The highest BCUT2D eigenvalue weighted by atomic mass is 16.3. The Hall–Kier alpha value is -1.16. The maximum absolute atomic E-state index is 8.84. The van der Waals surface area contributed by atoms with E-state index < -0.39 is 0 Å². The molecule has 1 aliphatic heterocycles. The van der Waals surface area contributed by atoms with E-state index in [1.54, 1.807) is 0 Å². The first-order valence-corrected chi connectivity index (χ1v) is 3.69. The van der Waals surface area contributed by atoms with E-state index in [-0.39, 0.29) is 12.6 Å². The molecule has 0 radical (unpaired) electrons. The summed E-state index contributed by atoms with van der Waals surface area (Å²) >= 11 is 0. The molecule has 11 heavy (non-hydrogen) atoms. The lowest BCUT2D eigenvalue weighted by Crippen LogP contribution is -2.35. The molecule has 4 N–H and O–H groups in total. The van der Waals surface area contributed by atoms with E-state index in [1.165, 1.54) is 0 Å². The minimum absolute atomic E-state index is 0.126. The molecule has 4 heteroatoms. The van der Waals surface area contributed by atoms with Crippen LogP contribution in [-0.2, 0) is 0 Å². The fourth-order valence-electron chi connectivity index (χ4n) is 1.23. The fraction of sp³-hybridized carbons (Fsp3) is 0.429. The number of anilines is 2. The van der Waals surface area contributed by atoms with Gasteiger partial charge in [0, 0.05) is 12.7 Å². The third kappa shape index (κ3) is 1.05. The van der Waals surface area contributed by atoms with E-state index in [1.807, 2.05) is 12.3 Å². The van der Waals surface area contributed by atoms with Gasteiger partial charge in [-0.2, -0.15) is 0 Å². The predicted octanol–water partition coefficient (Wildman–Crippen LogP) is 0.213. The first-order valence-electron chi connectivity index (χ1n) is 3.69. The van der Waals surface area contributed by atoms with Crippen LogP contribution in [0.25, 0.3) is 0 Å². The highest BCUT2D eigenvalue weighted by Crippen LogP contribution is 2.23. The molecule has 0 spiro atoms. The molecular weight excluding hydrogens is 142 g/mol. The van der Waals surface area contributed by atoms with Crippen LogP contribution in [0.15, 0.2) is 12.3 Å². The molecule has 4 nitrogen and oxygen atoms in total.